The SMILES string of the molecule is C1=Cc2c(c3c(ccc4c5ccccc5n(-c5nc(-c6ccccc6)nc(-c6ccccc6)n5)c43)n2-c2ccc(-c3nc(-c4ccccc4)nc(-c4ccccc4-c4ccccc4)n3)cc2)CC1. The molecule has 0 bridgehead atoms. The molecule has 12 aromatic rings. The Labute approximate surface area is 392 Å². The number of nitrogens with zero attached hydrogens (tertiary/aromatic N) is 8. The number of aryl methyl sites for hydroxylation is 1. The van der Waals surface area contributed by atoms with Crippen LogP contribution in [0.2, 0.25) is 0 Å². The molecule has 8 nitrogen and oxygen atoms in total. The number of para-hydroxylation sites is 1. The minimum atomic E-state index is 0.576. The summed E-state index contributed by atoms with van der Waals surface area (Å²) in [4.78, 5) is 31.0. The van der Waals surface area contributed by atoms with Crippen molar-refractivity contribution < 1.29 is 0 Å². The van der Waals surface area contributed by atoms with E-state index in [4.69, 9.17) is 29.9 Å². The minimum Gasteiger partial charge on any atom is -0.310 e. The molecule has 320 valence electrons. The van der Waals surface area contributed by atoms with Gasteiger partial charge in [0.1, 0.15) is 0 Å². The molecule has 0 amide bonds. The van der Waals surface area contributed by atoms with E-state index in [1.54, 1.807) is 0 Å². The van der Waals surface area contributed by atoms with Crippen LogP contribution in [0, 0.1) is 0 Å². The average molecular weight is 873 g/mol. The molecule has 4 heterocycles. The topological polar surface area (TPSA) is 87.2 Å². The largest absolute Gasteiger partial charge is 0.310 e. The molecule has 1 aliphatic carbocycles. The second-order valence-corrected chi connectivity index (χ2v) is 17.0. The van der Waals surface area contributed by atoms with Gasteiger partial charge < -0.3 is 4.57 Å². The lowest BCUT2D eigenvalue weighted by atomic mass is 9.99. The first-order chi connectivity index (χ1) is 33.7. The Morgan fingerprint density at radius 1 is 0.353 bits per heavy atom. The molecular formula is C60H40N8. The molecule has 0 N–H and O–H groups in total. The van der Waals surface area contributed by atoms with E-state index in [1.807, 2.05) is 78.9 Å². The second kappa shape index (κ2) is 16.4. The fourth-order valence-electron chi connectivity index (χ4n) is 9.81. The molecule has 8 aromatic carbocycles. The minimum absolute atomic E-state index is 0.576. The smallest absolute Gasteiger partial charge is 0.238 e. The zero-order valence-electron chi connectivity index (χ0n) is 36.8. The van der Waals surface area contributed by atoms with Crippen LogP contribution in [0.5, 0.6) is 0 Å². The zero-order chi connectivity index (χ0) is 45.0. The van der Waals surface area contributed by atoms with Gasteiger partial charge >= 0.3 is 0 Å². The van der Waals surface area contributed by atoms with Gasteiger partial charge in [-0.2, -0.15) is 9.97 Å². The highest BCUT2D eigenvalue weighted by Gasteiger charge is 2.26. The van der Waals surface area contributed by atoms with Crippen LogP contribution < -0.4 is 0 Å². The Morgan fingerprint density at radius 2 is 0.853 bits per heavy atom. The van der Waals surface area contributed by atoms with E-state index < -0.39 is 0 Å². The van der Waals surface area contributed by atoms with Gasteiger partial charge in [0.2, 0.25) is 5.95 Å². The first-order valence-electron chi connectivity index (χ1n) is 22.9. The normalized spacial score (nSPS) is 12.2. The van der Waals surface area contributed by atoms with Crippen molar-refractivity contribution in [2.75, 3.05) is 0 Å². The van der Waals surface area contributed by atoms with Crippen molar-refractivity contribution in [3.05, 3.63) is 224 Å². The van der Waals surface area contributed by atoms with Crippen molar-refractivity contribution in [2.45, 2.75) is 12.8 Å². The summed E-state index contributed by atoms with van der Waals surface area (Å²) in [6.45, 7) is 0. The number of fused-ring (bicyclic) bond motifs is 7. The number of aromatic nitrogens is 8. The van der Waals surface area contributed by atoms with Gasteiger partial charge in [-0.15, -0.1) is 0 Å². The van der Waals surface area contributed by atoms with Crippen LogP contribution in [0.25, 0.3) is 118 Å². The summed E-state index contributed by atoms with van der Waals surface area (Å²) in [5.74, 6) is 3.67. The van der Waals surface area contributed by atoms with E-state index in [2.05, 4.69) is 149 Å². The fourth-order valence-corrected chi connectivity index (χ4v) is 9.81. The number of hydrogen-bond donors (Lipinski definition) is 0. The van der Waals surface area contributed by atoms with E-state index in [0.29, 0.717) is 35.1 Å². The van der Waals surface area contributed by atoms with Crippen molar-refractivity contribution in [3.8, 4) is 79.7 Å². The standard InChI is InChI=1S/C60H40N8/c1-5-19-39(20-6-1)45-27-13-14-29-48(45)59-63-55(40-21-7-2-8-22-40)61-56(64-59)43-33-35-44(36-34-43)67-51-32-18-16-30-49(51)53-52(67)38-37-47-46-28-15-17-31-50(46)68(54(47)53)60-65-57(41-23-9-3-10-24-41)62-58(66-60)42-25-11-4-12-26-42/h1-15,17-29,31-38H,16,30H2. The molecule has 4 aromatic heterocycles. The number of allylic oxidation sites excluding steroid dienone is 1. The van der Waals surface area contributed by atoms with Crippen LogP contribution >= 0.6 is 0 Å². The predicted octanol–water partition coefficient (Wildman–Crippen LogP) is 14.1. The highest BCUT2D eigenvalue weighted by atomic mass is 15.2. The molecule has 0 unspecified atom stereocenters. The molecule has 0 spiro atoms. The van der Waals surface area contributed by atoms with E-state index in [9.17, 15) is 0 Å². The first-order valence-corrected chi connectivity index (χ1v) is 22.9. The van der Waals surface area contributed by atoms with Crippen molar-refractivity contribution in [1.29, 1.82) is 0 Å². The van der Waals surface area contributed by atoms with Crippen LogP contribution in [-0.4, -0.2) is 39.0 Å². The first kappa shape index (κ1) is 39.2. The lowest BCUT2D eigenvalue weighted by Gasteiger charge is -2.14. The fraction of sp³-hybridized carbons (Fsp3) is 0.0333. The molecule has 8 heteroatoms. The summed E-state index contributed by atoms with van der Waals surface area (Å²) < 4.78 is 4.66. The van der Waals surface area contributed by atoms with Gasteiger partial charge in [0, 0.05) is 55.4 Å². The zero-order valence-corrected chi connectivity index (χ0v) is 36.8. The number of rotatable bonds is 8. The summed E-state index contributed by atoms with van der Waals surface area (Å²) in [5.41, 5.74) is 13.5. The van der Waals surface area contributed by atoms with Crippen molar-refractivity contribution in [3.63, 3.8) is 0 Å². The molecule has 0 saturated carbocycles. The van der Waals surface area contributed by atoms with Gasteiger partial charge in [0.15, 0.2) is 29.1 Å². The maximum Gasteiger partial charge on any atom is 0.238 e. The lowest BCUT2D eigenvalue weighted by molar-refractivity contribution is 0.952. The van der Waals surface area contributed by atoms with Crippen LogP contribution in [0.15, 0.2) is 212 Å². The summed E-state index contributed by atoms with van der Waals surface area (Å²) in [6, 6.07) is 71.0. The van der Waals surface area contributed by atoms with E-state index in [-0.39, 0.29) is 0 Å². The van der Waals surface area contributed by atoms with Crippen molar-refractivity contribution in [2.24, 2.45) is 0 Å². The molecule has 0 fully saturated rings. The second-order valence-electron chi connectivity index (χ2n) is 17.0. The maximum atomic E-state index is 5.27. The van der Waals surface area contributed by atoms with Crippen LogP contribution in [-0.2, 0) is 6.42 Å². The van der Waals surface area contributed by atoms with E-state index >= 15 is 0 Å². The molecule has 0 radical (unpaired) electrons. The summed E-state index contributed by atoms with van der Waals surface area (Å²) in [7, 11) is 0. The maximum absolute atomic E-state index is 5.27. The Balaban J connectivity index is 0.995. The van der Waals surface area contributed by atoms with Crippen LogP contribution in [0.3, 0.4) is 0 Å². The molecule has 1 aliphatic rings. The number of benzene rings is 8. The van der Waals surface area contributed by atoms with Crippen molar-refractivity contribution >= 4 is 38.8 Å². The summed E-state index contributed by atoms with van der Waals surface area (Å²) >= 11 is 0. The molecule has 0 aliphatic heterocycles. The van der Waals surface area contributed by atoms with Crippen LogP contribution in [0.4, 0.5) is 0 Å². The number of hydrogen-bond acceptors (Lipinski definition) is 6. The van der Waals surface area contributed by atoms with Gasteiger partial charge in [0.05, 0.1) is 16.6 Å². The van der Waals surface area contributed by atoms with Crippen LogP contribution in [0.1, 0.15) is 17.7 Å². The quantitative estimate of drug-likeness (QED) is 0.151. The molecule has 68 heavy (non-hydrogen) atoms. The van der Waals surface area contributed by atoms with E-state index in [0.717, 1.165) is 84.8 Å². The Bertz CT molecular complexity index is 3820. The van der Waals surface area contributed by atoms with Gasteiger partial charge in [-0.25, -0.2) is 19.9 Å². The lowest BCUT2D eigenvalue weighted by Crippen LogP contribution is -2.06. The highest BCUT2D eigenvalue weighted by molar-refractivity contribution is 6.20. The van der Waals surface area contributed by atoms with Crippen molar-refractivity contribution in [1.82, 2.24) is 39.0 Å². The molecule has 0 atom stereocenters. The molecule has 0 saturated heterocycles. The Morgan fingerprint density at radius 3 is 1.47 bits per heavy atom. The van der Waals surface area contributed by atoms with Gasteiger partial charge in [-0.1, -0.05) is 176 Å². The Kier molecular flexibility index (Phi) is 9.45. The van der Waals surface area contributed by atoms with Gasteiger partial charge in [-0.05, 0) is 72.0 Å². The average Bonchev–Trinajstić information content (AvgIpc) is 3.95. The molecule has 13 rings (SSSR count). The third-order valence-corrected chi connectivity index (χ3v) is 12.9. The third kappa shape index (κ3) is 6.69. The molecular weight excluding hydrogens is 833 g/mol. The summed E-state index contributed by atoms with van der Waals surface area (Å²) in [6.07, 6.45) is 6.41. The monoisotopic (exact) mass is 872 g/mol. The Hall–Kier alpha value is -9.14. The van der Waals surface area contributed by atoms with E-state index in [1.165, 1.54) is 16.6 Å². The summed E-state index contributed by atoms with van der Waals surface area (Å²) in [5, 5.41) is 3.48. The van der Waals surface area contributed by atoms with Gasteiger partial charge in [0.25, 0.3) is 0 Å². The highest BCUT2D eigenvalue weighted by Crippen LogP contribution is 2.43. The third-order valence-electron chi connectivity index (χ3n) is 12.9. The predicted molar refractivity (Wildman–Crippen MR) is 274 cm³/mol. The van der Waals surface area contributed by atoms with Gasteiger partial charge in [-0.3, -0.25) is 4.57 Å².